The Kier molecular flexibility index (Phi) is 3.56. The number of H-pyrrole nitrogens is 1. The van der Waals surface area contributed by atoms with Crippen LogP contribution in [0.2, 0.25) is 0 Å². The lowest BCUT2D eigenvalue weighted by molar-refractivity contribution is -0.115. The van der Waals surface area contributed by atoms with Crippen LogP contribution in [-0.2, 0) is 11.3 Å². The molecule has 2 aromatic heterocycles. The van der Waals surface area contributed by atoms with Gasteiger partial charge in [-0.05, 0) is 24.5 Å². The third-order valence-electron chi connectivity index (χ3n) is 4.87. The fraction of sp³-hybridized carbons (Fsp3) is 0.263. The van der Waals surface area contributed by atoms with Gasteiger partial charge in [0.2, 0.25) is 5.91 Å². The Morgan fingerprint density at radius 2 is 2.00 bits per heavy atom. The molecular formula is C19H19N7O. The van der Waals surface area contributed by atoms with Crippen molar-refractivity contribution in [2.45, 2.75) is 25.3 Å². The van der Waals surface area contributed by atoms with Crippen LogP contribution in [0, 0.1) is 0 Å². The van der Waals surface area contributed by atoms with Crippen LogP contribution in [0.25, 0.3) is 11.5 Å². The van der Waals surface area contributed by atoms with Crippen LogP contribution in [0.3, 0.4) is 0 Å². The van der Waals surface area contributed by atoms with E-state index < -0.39 is 0 Å². The van der Waals surface area contributed by atoms with Crippen molar-refractivity contribution in [2.75, 3.05) is 22.5 Å². The Labute approximate surface area is 155 Å². The number of rotatable bonds is 4. The normalized spacial score (nSPS) is 16.1. The molecule has 0 bridgehead atoms. The number of amides is 1. The summed E-state index contributed by atoms with van der Waals surface area (Å²) in [5.74, 6) is 1.78. The molecule has 8 heteroatoms. The van der Waals surface area contributed by atoms with Crippen LogP contribution < -0.4 is 16.0 Å². The number of nitrogen functional groups attached to an aromatic ring is 1. The number of nitrogens with zero attached hydrogens (tertiary/aromatic N) is 4. The predicted molar refractivity (Wildman–Crippen MR) is 102 cm³/mol. The van der Waals surface area contributed by atoms with Crippen molar-refractivity contribution in [1.29, 1.82) is 0 Å². The van der Waals surface area contributed by atoms with Gasteiger partial charge < -0.3 is 16.0 Å². The molecule has 5 rings (SSSR count). The first-order valence-corrected chi connectivity index (χ1v) is 8.99. The van der Waals surface area contributed by atoms with Gasteiger partial charge in [-0.1, -0.05) is 30.3 Å². The van der Waals surface area contributed by atoms with E-state index in [9.17, 15) is 4.79 Å². The first-order chi connectivity index (χ1) is 13.2. The van der Waals surface area contributed by atoms with Crippen molar-refractivity contribution in [1.82, 2.24) is 20.2 Å². The Hall–Kier alpha value is -3.42. The largest absolute Gasteiger partial charge is 0.382 e. The maximum absolute atomic E-state index is 12.1. The smallest absolute Gasteiger partial charge is 0.244 e. The van der Waals surface area contributed by atoms with Crippen molar-refractivity contribution in [3.63, 3.8) is 0 Å². The first-order valence-electron chi connectivity index (χ1n) is 8.99. The second kappa shape index (κ2) is 6.08. The van der Waals surface area contributed by atoms with Gasteiger partial charge in [0.15, 0.2) is 17.5 Å². The molecular weight excluding hydrogens is 342 g/mol. The SMILES string of the molecule is Nc1nc(-c2cc(C3CC3)n[nH]2)nc2c1NC(=O)CN2Cc1ccccc1. The van der Waals surface area contributed by atoms with Crippen LogP contribution >= 0.6 is 0 Å². The van der Waals surface area contributed by atoms with Crippen LogP contribution in [0.15, 0.2) is 36.4 Å². The molecule has 0 saturated heterocycles. The Balaban J connectivity index is 1.54. The van der Waals surface area contributed by atoms with Crippen molar-refractivity contribution >= 4 is 23.2 Å². The maximum atomic E-state index is 12.1. The minimum absolute atomic E-state index is 0.126. The number of hydrogen-bond acceptors (Lipinski definition) is 6. The van der Waals surface area contributed by atoms with E-state index in [4.69, 9.17) is 10.7 Å². The number of nitrogens with one attached hydrogen (secondary N) is 2. The molecule has 27 heavy (non-hydrogen) atoms. The average Bonchev–Trinajstić information content (AvgIpc) is 3.40. The van der Waals surface area contributed by atoms with Crippen LogP contribution in [0.4, 0.5) is 17.3 Å². The predicted octanol–water partition coefficient (Wildman–Crippen LogP) is 2.29. The van der Waals surface area contributed by atoms with Gasteiger partial charge in [0.05, 0.1) is 12.2 Å². The molecule has 136 valence electrons. The van der Waals surface area contributed by atoms with Crippen molar-refractivity contribution in [2.24, 2.45) is 0 Å². The quantitative estimate of drug-likeness (QED) is 0.657. The lowest BCUT2D eigenvalue weighted by Crippen LogP contribution is -2.39. The molecule has 4 N–H and O–H groups in total. The van der Waals surface area contributed by atoms with Gasteiger partial charge in [0.25, 0.3) is 0 Å². The zero-order chi connectivity index (χ0) is 18.4. The van der Waals surface area contributed by atoms with E-state index in [0.717, 1.165) is 17.0 Å². The summed E-state index contributed by atoms with van der Waals surface area (Å²) in [5.41, 5.74) is 9.49. The van der Waals surface area contributed by atoms with E-state index in [-0.39, 0.29) is 18.3 Å². The van der Waals surface area contributed by atoms with E-state index in [0.29, 0.717) is 29.8 Å². The molecule has 1 aromatic carbocycles. The number of carbonyl (C=O) groups excluding carboxylic acids is 1. The van der Waals surface area contributed by atoms with E-state index >= 15 is 0 Å². The number of nitrogens with two attached hydrogens (primary N) is 1. The minimum atomic E-state index is -0.126. The molecule has 8 nitrogen and oxygen atoms in total. The highest BCUT2D eigenvalue weighted by molar-refractivity contribution is 6.03. The summed E-state index contributed by atoms with van der Waals surface area (Å²) in [4.78, 5) is 23.1. The standard InChI is InChI=1S/C19H19N7O/c20-17-16-19(23-18(22-17)14-8-13(24-25-14)12-6-7-12)26(10-15(27)21-16)9-11-4-2-1-3-5-11/h1-5,8,12H,6-7,9-10H2,(H,21,27)(H,24,25)(H2,20,22,23). The summed E-state index contributed by atoms with van der Waals surface area (Å²) < 4.78 is 0. The van der Waals surface area contributed by atoms with Crippen molar-refractivity contribution in [3.8, 4) is 11.5 Å². The molecule has 3 aromatic rings. The molecule has 1 fully saturated rings. The zero-order valence-electron chi connectivity index (χ0n) is 14.6. The molecule has 1 saturated carbocycles. The van der Waals surface area contributed by atoms with Gasteiger partial charge in [-0.2, -0.15) is 5.10 Å². The highest BCUT2D eigenvalue weighted by Gasteiger charge is 2.29. The van der Waals surface area contributed by atoms with E-state index in [1.165, 1.54) is 12.8 Å². The van der Waals surface area contributed by atoms with Gasteiger partial charge >= 0.3 is 0 Å². The van der Waals surface area contributed by atoms with Crippen LogP contribution in [0.1, 0.15) is 30.0 Å². The lowest BCUT2D eigenvalue weighted by atomic mass is 10.2. The average molecular weight is 361 g/mol. The summed E-state index contributed by atoms with van der Waals surface area (Å²) in [6.45, 7) is 0.779. The van der Waals surface area contributed by atoms with Crippen molar-refractivity contribution in [3.05, 3.63) is 47.7 Å². The van der Waals surface area contributed by atoms with E-state index in [1.54, 1.807) is 0 Å². The number of carbonyl (C=O) groups is 1. The highest BCUT2D eigenvalue weighted by Crippen LogP contribution is 2.40. The number of hydrogen-bond donors (Lipinski definition) is 3. The number of benzene rings is 1. The maximum Gasteiger partial charge on any atom is 0.244 e. The highest BCUT2D eigenvalue weighted by atomic mass is 16.2. The number of anilines is 3. The summed E-state index contributed by atoms with van der Waals surface area (Å²) in [6, 6.07) is 12.0. The molecule has 1 aliphatic heterocycles. The van der Waals surface area contributed by atoms with Gasteiger partial charge in [-0.15, -0.1) is 0 Å². The molecule has 0 spiro atoms. The number of aromatic amines is 1. The molecule has 2 aliphatic rings. The summed E-state index contributed by atoms with van der Waals surface area (Å²) in [6.07, 6.45) is 2.35. The monoisotopic (exact) mass is 361 g/mol. The molecule has 1 aliphatic carbocycles. The summed E-state index contributed by atoms with van der Waals surface area (Å²) >= 11 is 0. The lowest BCUT2D eigenvalue weighted by Gasteiger charge is -2.30. The topological polar surface area (TPSA) is 113 Å². The Morgan fingerprint density at radius 3 is 2.78 bits per heavy atom. The second-order valence-corrected chi connectivity index (χ2v) is 7.00. The summed E-state index contributed by atoms with van der Waals surface area (Å²) in [5, 5.41) is 10.2. The Morgan fingerprint density at radius 1 is 1.19 bits per heavy atom. The first kappa shape index (κ1) is 15.8. The molecule has 0 radical (unpaired) electrons. The second-order valence-electron chi connectivity index (χ2n) is 7.00. The molecule has 3 heterocycles. The zero-order valence-corrected chi connectivity index (χ0v) is 14.6. The molecule has 0 atom stereocenters. The number of aromatic nitrogens is 4. The Bertz CT molecular complexity index is 1010. The minimum Gasteiger partial charge on any atom is -0.382 e. The van der Waals surface area contributed by atoms with Crippen LogP contribution in [-0.4, -0.2) is 32.6 Å². The fourth-order valence-corrected chi connectivity index (χ4v) is 3.34. The van der Waals surface area contributed by atoms with Gasteiger partial charge in [0.1, 0.15) is 11.4 Å². The van der Waals surface area contributed by atoms with E-state index in [1.807, 2.05) is 41.3 Å². The third-order valence-corrected chi connectivity index (χ3v) is 4.87. The molecule has 0 unspecified atom stereocenters. The van der Waals surface area contributed by atoms with Gasteiger partial charge in [-0.25, -0.2) is 9.97 Å². The van der Waals surface area contributed by atoms with Crippen LogP contribution in [0.5, 0.6) is 0 Å². The molecule has 1 amide bonds. The number of fused-ring (bicyclic) bond motifs is 1. The van der Waals surface area contributed by atoms with Gasteiger partial charge in [0, 0.05) is 12.5 Å². The fourth-order valence-electron chi connectivity index (χ4n) is 3.34. The van der Waals surface area contributed by atoms with E-state index in [2.05, 4.69) is 20.5 Å². The van der Waals surface area contributed by atoms with Gasteiger partial charge in [-0.3, -0.25) is 9.89 Å². The third kappa shape index (κ3) is 2.99. The summed E-state index contributed by atoms with van der Waals surface area (Å²) in [7, 11) is 0. The van der Waals surface area contributed by atoms with Crippen molar-refractivity contribution < 1.29 is 4.79 Å².